The van der Waals surface area contributed by atoms with E-state index < -0.39 is 5.41 Å². The number of rotatable bonds is 5. The standard InChI is InChI=1S/C16H22O2/c1-13(2)16(3,15(17)18-4)12-8-11-14-9-6-5-7-10-14/h5-11,13H,12H2,1-4H3. The SMILES string of the molecule is COC(=O)C(C)(CC=Cc1ccccc1)C(C)C. The van der Waals surface area contributed by atoms with Crippen LogP contribution < -0.4 is 0 Å². The quantitative estimate of drug-likeness (QED) is 0.736. The van der Waals surface area contributed by atoms with Gasteiger partial charge in [0, 0.05) is 0 Å². The largest absolute Gasteiger partial charge is 0.469 e. The highest BCUT2D eigenvalue weighted by atomic mass is 16.5. The van der Waals surface area contributed by atoms with E-state index in [1.807, 2.05) is 63.3 Å². The first kappa shape index (κ1) is 14.5. The van der Waals surface area contributed by atoms with E-state index in [9.17, 15) is 4.79 Å². The van der Waals surface area contributed by atoms with Crippen LogP contribution >= 0.6 is 0 Å². The van der Waals surface area contributed by atoms with Crippen LogP contribution in [0.2, 0.25) is 0 Å². The molecule has 0 saturated carbocycles. The molecule has 1 aromatic carbocycles. The minimum absolute atomic E-state index is 0.143. The second kappa shape index (κ2) is 6.39. The summed E-state index contributed by atoms with van der Waals surface area (Å²) >= 11 is 0. The highest BCUT2D eigenvalue weighted by molar-refractivity contribution is 5.77. The van der Waals surface area contributed by atoms with Gasteiger partial charge in [0.15, 0.2) is 0 Å². The third-order valence-electron chi connectivity index (χ3n) is 3.58. The van der Waals surface area contributed by atoms with Crippen LogP contribution in [0.1, 0.15) is 32.8 Å². The Bertz CT molecular complexity index is 406. The van der Waals surface area contributed by atoms with E-state index in [4.69, 9.17) is 4.74 Å². The van der Waals surface area contributed by atoms with Crippen molar-refractivity contribution in [3.05, 3.63) is 42.0 Å². The van der Waals surface area contributed by atoms with Crippen molar-refractivity contribution >= 4 is 12.0 Å². The summed E-state index contributed by atoms with van der Waals surface area (Å²) in [5, 5.41) is 0. The number of hydrogen-bond donors (Lipinski definition) is 0. The molecule has 2 nitrogen and oxygen atoms in total. The second-order valence-corrected chi connectivity index (χ2v) is 5.08. The van der Waals surface area contributed by atoms with Crippen molar-refractivity contribution < 1.29 is 9.53 Å². The van der Waals surface area contributed by atoms with Gasteiger partial charge in [-0.25, -0.2) is 0 Å². The molecule has 1 unspecified atom stereocenters. The molecule has 1 rings (SSSR count). The maximum atomic E-state index is 11.9. The Morgan fingerprint density at radius 2 is 1.94 bits per heavy atom. The lowest BCUT2D eigenvalue weighted by Gasteiger charge is -2.29. The van der Waals surface area contributed by atoms with Crippen molar-refractivity contribution in [2.75, 3.05) is 7.11 Å². The number of esters is 1. The fourth-order valence-electron chi connectivity index (χ4n) is 1.79. The van der Waals surface area contributed by atoms with Crippen LogP contribution in [-0.4, -0.2) is 13.1 Å². The molecule has 98 valence electrons. The van der Waals surface area contributed by atoms with Gasteiger partial charge in [0.2, 0.25) is 0 Å². The van der Waals surface area contributed by atoms with E-state index in [1.54, 1.807) is 0 Å². The number of benzene rings is 1. The predicted molar refractivity (Wildman–Crippen MR) is 75.1 cm³/mol. The Morgan fingerprint density at radius 1 is 1.33 bits per heavy atom. The topological polar surface area (TPSA) is 26.3 Å². The van der Waals surface area contributed by atoms with E-state index in [-0.39, 0.29) is 11.9 Å². The summed E-state index contributed by atoms with van der Waals surface area (Å²) in [5.41, 5.74) is 0.688. The molecule has 1 aromatic rings. The van der Waals surface area contributed by atoms with E-state index in [1.165, 1.54) is 7.11 Å². The summed E-state index contributed by atoms with van der Waals surface area (Å²) in [5.74, 6) is 0.0978. The number of allylic oxidation sites excluding steroid dienone is 1. The third kappa shape index (κ3) is 3.46. The fourth-order valence-corrected chi connectivity index (χ4v) is 1.79. The van der Waals surface area contributed by atoms with Crippen LogP contribution in [0.3, 0.4) is 0 Å². The summed E-state index contributed by atoms with van der Waals surface area (Å²) in [6, 6.07) is 10.1. The molecule has 0 saturated heterocycles. The van der Waals surface area contributed by atoms with Crippen molar-refractivity contribution in [1.29, 1.82) is 0 Å². The van der Waals surface area contributed by atoms with Gasteiger partial charge in [0.25, 0.3) is 0 Å². The summed E-state index contributed by atoms with van der Waals surface area (Å²) in [6.45, 7) is 6.05. The first-order valence-corrected chi connectivity index (χ1v) is 6.30. The van der Waals surface area contributed by atoms with Crippen LogP contribution in [-0.2, 0) is 9.53 Å². The third-order valence-corrected chi connectivity index (χ3v) is 3.58. The Morgan fingerprint density at radius 3 is 2.44 bits per heavy atom. The van der Waals surface area contributed by atoms with Crippen molar-refractivity contribution in [1.82, 2.24) is 0 Å². The van der Waals surface area contributed by atoms with Gasteiger partial charge in [-0.1, -0.05) is 56.3 Å². The zero-order valence-electron chi connectivity index (χ0n) is 11.6. The Hall–Kier alpha value is -1.57. The molecule has 0 aliphatic rings. The van der Waals surface area contributed by atoms with Crippen LogP contribution in [0, 0.1) is 11.3 Å². The van der Waals surface area contributed by atoms with Gasteiger partial charge in [0.1, 0.15) is 0 Å². The number of carbonyl (C=O) groups is 1. The summed E-state index contributed by atoms with van der Waals surface area (Å²) in [4.78, 5) is 11.9. The molecule has 1 atom stereocenters. The van der Waals surface area contributed by atoms with Crippen LogP contribution in [0.5, 0.6) is 0 Å². The molecule has 0 aliphatic heterocycles. The summed E-state index contributed by atoms with van der Waals surface area (Å²) < 4.78 is 4.91. The highest BCUT2D eigenvalue weighted by Gasteiger charge is 2.36. The molecule has 0 amide bonds. The molecule has 0 spiro atoms. The minimum Gasteiger partial charge on any atom is -0.469 e. The first-order chi connectivity index (χ1) is 8.50. The summed E-state index contributed by atoms with van der Waals surface area (Å²) in [6.07, 6.45) is 4.78. The lowest BCUT2D eigenvalue weighted by Crippen LogP contribution is -2.33. The Labute approximate surface area is 110 Å². The zero-order chi connectivity index (χ0) is 13.6. The molecular formula is C16H22O2. The second-order valence-electron chi connectivity index (χ2n) is 5.08. The normalized spacial score (nSPS) is 14.7. The average Bonchev–Trinajstić information content (AvgIpc) is 2.38. The number of methoxy groups -OCH3 is 1. The van der Waals surface area contributed by atoms with Crippen molar-refractivity contribution in [3.63, 3.8) is 0 Å². The van der Waals surface area contributed by atoms with Gasteiger partial charge in [-0.15, -0.1) is 0 Å². The van der Waals surface area contributed by atoms with Crippen LogP contribution in [0.15, 0.2) is 36.4 Å². The average molecular weight is 246 g/mol. The van der Waals surface area contributed by atoms with Gasteiger partial charge >= 0.3 is 5.97 Å². The smallest absolute Gasteiger partial charge is 0.312 e. The van der Waals surface area contributed by atoms with Crippen LogP contribution in [0.4, 0.5) is 0 Å². The number of carbonyl (C=O) groups excluding carboxylic acids is 1. The van der Waals surface area contributed by atoms with E-state index in [0.29, 0.717) is 6.42 Å². The number of ether oxygens (including phenoxy) is 1. The monoisotopic (exact) mass is 246 g/mol. The Kier molecular flexibility index (Phi) is 5.14. The number of hydrogen-bond acceptors (Lipinski definition) is 2. The molecule has 0 heterocycles. The van der Waals surface area contributed by atoms with E-state index in [0.717, 1.165) is 5.56 Å². The molecular weight excluding hydrogens is 224 g/mol. The minimum atomic E-state index is -0.458. The molecule has 0 fully saturated rings. The molecule has 0 aromatic heterocycles. The maximum Gasteiger partial charge on any atom is 0.312 e. The molecule has 0 aliphatic carbocycles. The predicted octanol–water partition coefficient (Wildman–Crippen LogP) is 3.93. The van der Waals surface area contributed by atoms with E-state index >= 15 is 0 Å². The molecule has 18 heavy (non-hydrogen) atoms. The van der Waals surface area contributed by atoms with Gasteiger partial charge < -0.3 is 4.74 Å². The fraction of sp³-hybridized carbons (Fsp3) is 0.438. The maximum absolute atomic E-state index is 11.9. The van der Waals surface area contributed by atoms with Gasteiger partial charge in [-0.2, -0.15) is 0 Å². The lowest BCUT2D eigenvalue weighted by atomic mass is 9.76. The van der Waals surface area contributed by atoms with Gasteiger partial charge in [0.05, 0.1) is 12.5 Å². The lowest BCUT2D eigenvalue weighted by molar-refractivity contribution is -0.154. The highest BCUT2D eigenvalue weighted by Crippen LogP contribution is 2.33. The summed E-state index contributed by atoms with van der Waals surface area (Å²) in [7, 11) is 1.45. The zero-order valence-corrected chi connectivity index (χ0v) is 11.6. The van der Waals surface area contributed by atoms with Gasteiger partial charge in [-0.3, -0.25) is 4.79 Å². The first-order valence-electron chi connectivity index (χ1n) is 6.30. The van der Waals surface area contributed by atoms with Crippen molar-refractivity contribution in [3.8, 4) is 0 Å². The Balaban J connectivity index is 2.75. The van der Waals surface area contributed by atoms with Gasteiger partial charge in [-0.05, 0) is 24.8 Å². The van der Waals surface area contributed by atoms with Crippen molar-refractivity contribution in [2.45, 2.75) is 27.2 Å². The molecule has 0 bridgehead atoms. The molecule has 0 N–H and O–H groups in total. The van der Waals surface area contributed by atoms with Crippen LogP contribution in [0.25, 0.3) is 6.08 Å². The van der Waals surface area contributed by atoms with Crippen molar-refractivity contribution in [2.24, 2.45) is 11.3 Å². The van der Waals surface area contributed by atoms with E-state index in [2.05, 4.69) is 0 Å². The molecule has 0 radical (unpaired) electrons. The molecule has 2 heteroatoms.